The average molecular weight is 495 g/mol. The Morgan fingerprint density at radius 1 is 1.39 bits per heavy atom. The topological polar surface area (TPSA) is 56.7 Å². The van der Waals surface area contributed by atoms with Gasteiger partial charge >= 0.3 is 0 Å². The Morgan fingerprint density at radius 2 is 2.09 bits per heavy atom. The summed E-state index contributed by atoms with van der Waals surface area (Å²) in [4.78, 5) is 17.9. The fraction of sp³-hybridized carbons (Fsp3) is 0.500. The van der Waals surface area contributed by atoms with E-state index in [1.165, 1.54) is 5.56 Å². The summed E-state index contributed by atoms with van der Waals surface area (Å²) in [5.41, 5.74) is 1.19. The van der Waals surface area contributed by atoms with Crippen LogP contribution in [0.1, 0.15) is 25.3 Å². The van der Waals surface area contributed by atoms with Crippen molar-refractivity contribution in [2.75, 3.05) is 20.1 Å². The molecule has 0 aromatic heterocycles. The minimum atomic E-state index is 0. The van der Waals surface area contributed by atoms with Gasteiger partial charge in [0.1, 0.15) is 0 Å². The lowest BCUT2D eigenvalue weighted by atomic mass is 10.2. The second-order valence-electron chi connectivity index (χ2n) is 5.38. The second-order valence-corrected chi connectivity index (χ2v) is 6.29. The van der Waals surface area contributed by atoms with Gasteiger partial charge in [-0.3, -0.25) is 9.79 Å². The number of nitrogens with zero attached hydrogens (tertiary/aromatic N) is 2. The summed E-state index contributed by atoms with van der Waals surface area (Å²) >= 11 is 3.43. The van der Waals surface area contributed by atoms with Crippen molar-refractivity contribution < 1.29 is 4.79 Å². The van der Waals surface area contributed by atoms with Crippen LogP contribution in [0.4, 0.5) is 0 Å². The van der Waals surface area contributed by atoms with Crippen molar-refractivity contribution in [3.8, 4) is 0 Å². The van der Waals surface area contributed by atoms with Crippen molar-refractivity contribution in [2.45, 2.75) is 32.4 Å². The number of amides is 1. The monoisotopic (exact) mass is 494 g/mol. The van der Waals surface area contributed by atoms with Crippen LogP contribution < -0.4 is 10.6 Å². The van der Waals surface area contributed by atoms with Gasteiger partial charge in [-0.1, -0.05) is 35.0 Å². The summed E-state index contributed by atoms with van der Waals surface area (Å²) < 4.78 is 1.07. The number of halogens is 2. The number of nitrogens with one attached hydrogen (secondary N) is 2. The van der Waals surface area contributed by atoms with Crippen molar-refractivity contribution in [3.05, 3.63) is 34.3 Å². The SMILES string of the molecule is CCC(=O)N1CCC(NC(=NC)NCc2ccc(Br)cc2)C1.I. The molecule has 0 bridgehead atoms. The van der Waals surface area contributed by atoms with Gasteiger partial charge in [0.2, 0.25) is 5.91 Å². The van der Waals surface area contributed by atoms with E-state index in [0.29, 0.717) is 6.42 Å². The Balaban J connectivity index is 0.00000264. The fourth-order valence-corrected chi connectivity index (χ4v) is 2.77. The van der Waals surface area contributed by atoms with Crippen molar-refractivity contribution >= 4 is 51.8 Å². The molecule has 1 saturated heterocycles. The third-order valence-electron chi connectivity index (χ3n) is 3.78. The molecule has 1 unspecified atom stereocenters. The molecule has 2 N–H and O–H groups in total. The average Bonchev–Trinajstić information content (AvgIpc) is 3.00. The minimum Gasteiger partial charge on any atom is -0.352 e. The van der Waals surface area contributed by atoms with E-state index in [1.54, 1.807) is 7.05 Å². The van der Waals surface area contributed by atoms with E-state index < -0.39 is 0 Å². The molecule has 1 fully saturated rings. The molecule has 1 aromatic rings. The van der Waals surface area contributed by atoms with E-state index in [4.69, 9.17) is 0 Å². The van der Waals surface area contributed by atoms with Gasteiger partial charge in [0.25, 0.3) is 0 Å². The standard InChI is InChI=1S/C16H23BrN4O.HI/c1-3-15(22)21-9-8-14(11-21)20-16(18-2)19-10-12-4-6-13(17)7-5-12;/h4-7,14H,3,8-11H2,1-2H3,(H2,18,19,20);1H. The first-order chi connectivity index (χ1) is 10.6. The van der Waals surface area contributed by atoms with Crippen molar-refractivity contribution in [2.24, 2.45) is 4.99 Å². The molecule has 0 spiro atoms. The number of benzene rings is 1. The predicted octanol–water partition coefficient (Wildman–Crippen LogP) is 2.74. The van der Waals surface area contributed by atoms with E-state index in [0.717, 1.165) is 36.5 Å². The molecule has 0 radical (unpaired) electrons. The van der Waals surface area contributed by atoms with Crippen LogP contribution in [0.25, 0.3) is 0 Å². The summed E-state index contributed by atoms with van der Waals surface area (Å²) in [6.07, 6.45) is 1.54. The number of guanidine groups is 1. The Kier molecular flexibility index (Phi) is 8.90. The lowest BCUT2D eigenvalue weighted by Gasteiger charge is -2.18. The highest BCUT2D eigenvalue weighted by Crippen LogP contribution is 2.11. The highest BCUT2D eigenvalue weighted by molar-refractivity contribution is 14.0. The maximum atomic E-state index is 11.7. The number of carbonyl (C=O) groups excluding carboxylic acids is 1. The normalized spacial score (nSPS) is 17.6. The van der Waals surface area contributed by atoms with Gasteiger partial charge in [-0.05, 0) is 24.1 Å². The second kappa shape index (κ2) is 10.1. The van der Waals surface area contributed by atoms with Gasteiger partial charge in [0, 0.05) is 43.6 Å². The molecule has 2 rings (SSSR count). The number of rotatable bonds is 4. The highest BCUT2D eigenvalue weighted by atomic mass is 127. The molecule has 1 aromatic carbocycles. The number of hydrogen-bond donors (Lipinski definition) is 2. The Bertz CT molecular complexity index is 535. The van der Waals surface area contributed by atoms with E-state index >= 15 is 0 Å². The lowest BCUT2D eigenvalue weighted by Crippen LogP contribution is -2.44. The molecule has 1 atom stereocenters. The van der Waals surface area contributed by atoms with Gasteiger partial charge in [0.05, 0.1) is 0 Å². The molecular weight excluding hydrogens is 471 g/mol. The number of carbonyl (C=O) groups is 1. The van der Waals surface area contributed by atoms with Crippen LogP contribution >= 0.6 is 39.9 Å². The maximum absolute atomic E-state index is 11.7. The zero-order chi connectivity index (χ0) is 15.9. The van der Waals surface area contributed by atoms with Crippen LogP contribution in [-0.4, -0.2) is 42.9 Å². The van der Waals surface area contributed by atoms with E-state index in [-0.39, 0.29) is 35.9 Å². The first-order valence-corrected chi connectivity index (χ1v) is 8.41. The molecule has 1 aliphatic heterocycles. The molecular formula is C16H24BrIN4O. The highest BCUT2D eigenvalue weighted by Gasteiger charge is 2.25. The molecule has 0 aliphatic carbocycles. The van der Waals surface area contributed by atoms with Crippen molar-refractivity contribution in [1.82, 2.24) is 15.5 Å². The van der Waals surface area contributed by atoms with Gasteiger partial charge < -0.3 is 15.5 Å². The minimum absolute atomic E-state index is 0. The molecule has 128 valence electrons. The lowest BCUT2D eigenvalue weighted by molar-refractivity contribution is -0.129. The summed E-state index contributed by atoms with van der Waals surface area (Å²) in [7, 11) is 1.76. The molecule has 1 heterocycles. The van der Waals surface area contributed by atoms with Crippen LogP contribution in [0.3, 0.4) is 0 Å². The van der Waals surface area contributed by atoms with Gasteiger partial charge in [-0.15, -0.1) is 24.0 Å². The molecule has 7 heteroatoms. The van der Waals surface area contributed by atoms with Crippen molar-refractivity contribution in [1.29, 1.82) is 0 Å². The summed E-state index contributed by atoms with van der Waals surface area (Å²) in [6, 6.07) is 8.46. The van der Waals surface area contributed by atoms with Gasteiger partial charge in [0.15, 0.2) is 5.96 Å². The summed E-state index contributed by atoms with van der Waals surface area (Å²) in [6.45, 7) is 4.21. The van der Waals surface area contributed by atoms with Crippen LogP contribution in [0.2, 0.25) is 0 Å². The predicted molar refractivity (Wildman–Crippen MR) is 108 cm³/mol. The number of hydrogen-bond acceptors (Lipinski definition) is 2. The number of likely N-dealkylation sites (tertiary alicyclic amines) is 1. The zero-order valence-corrected chi connectivity index (χ0v) is 17.4. The molecule has 1 aliphatic rings. The third kappa shape index (κ3) is 6.29. The van der Waals surface area contributed by atoms with Crippen LogP contribution in [0.5, 0.6) is 0 Å². The molecule has 23 heavy (non-hydrogen) atoms. The third-order valence-corrected chi connectivity index (χ3v) is 4.31. The smallest absolute Gasteiger partial charge is 0.222 e. The Morgan fingerprint density at radius 3 is 2.70 bits per heavy atom. The quantitative estimate of drug-likeness (QED) is 0.384. The van der Waals surface area contributed by atoms with Crippen LogP contribution in [0, 0.1) is 0 Å². The first kappa shape index (κ1) is 20.2. The van der Waals surface area contributed by atoms with Crippen molar-refractivity contribution in [3.63, 3.8) is 0 Å². The zero-order valence-electron chi connectivity index (χ0n) is 13.5. The summed E-state index contributed by atoms with van der Waals surface area (Å²) in [5, 5.41) is 6.70. The molecule has 5 nitrogen and oxygen atoms in total. The van der Waals surface area contributed by atoms with E-state index in [2.05, 4.69) is 43.7 Å². The number of aliphatic imine (C=N–C) groups is 1. The van der Waals surface area contributed by atoms with E-state index in [1.807, 2.05) is 24.0 Å². The van der Waals surface area contributed by atoms with E-state index in [9.17, 15) is 4.79 Å². The largest absolute Gasteiger partial charge is 0.352 e. The Hall–Kier alpha value is -0.830. The maximum Gasteiger partial charge on any atom is 0.222 e. The van der Waals surface area contributed by atoms with Crippen LogP contribution in [0.15, 0.2) is 33.7 Å². The first-order valence-electron chi connectivity index (χ1n) is 7.61. The molecule has 1 amide bonds. The molecule has 0 saturated carbocycles. The van der Waals surface area contributed by atoms with Gasteiger partial charge in [-0.25, -0.2) is 0 Å². The summed E-state index contributed by atoms with van der Waals surface area (Å²) in [5.74, 6) is 1.00. The van der Waals surface area contributed by atoms with Gasteiger partial charge in [-0.2, -0.15) is 0 Å². The van der Waals surface area contributed by atoms with Crippen LogP contribution in [-0.2, 0) is 11.3 Å². The fourth-order valence-electron chi connectivity index (χ4n) is 2.50. The Labute approximate surface area is 163 Å².